The molecule has 2 rings (SSSR count). The van der Waals surface area contributed by atoms with Crippen LogP contribution in [0.1, 0.15) is 25.0 Å². The molecule has 0 aliphatic carbocycles. The molecule has 116 valence electrons. The van der Waals surface area contributed by atoms with Crippen LogP contribution in [-0.2, 0) is 6.54 Å². The second kappa shape index (κ2) is 7.43. The fourth-order valence-electron chi connectivity index (χ4n) is 2.15. The van der Waals surface area contributed by atoms with E-state index in [2.05, 4.69) is 9.69 Å². The third kappa shape index (κ3) is 3.49. The zero-order valence-corrected chi connectivity index (χ0v) is 13.9. The number of aromatic nitrogens is 1. The zero-order chi connectivity index (χ0) is 16.1. The van der Waals surface area contributed by atoms with Crippen LogP contribution < -0.4 is 10.2 Å². The molecule has 1 heterocycles. The van der Waals surface area contributed by atoms with Gasteiger partial charge in [-0.05, 0) is 43.1 Å². The molecule has 1 N–H and O–H groups in total. The fraction of sp³-hybridized carbons (Fsp3) is 0.333. The van der Waals surface area contributed by atoms with Gasteiger partial charge in [0, 0.05) is 19.6 Å². The predicted octanol–water partition coefficient (Wildman–Crippen LogP) is 4.27. The minimum absolute atomic E-state index is 0.193. The lowest BCUT2D eigenvalue weighted by atomic mass is 10.1. The van der Waals surface area contributed by atoms with Gasteiger partial charge in [0.05, 0.1) is 5.69 Å². The quantitative estimate of drug-likeness (QED) is 0.854. The van der Waals surface area contributed by atoms with Crippen LogP contribution in [0.5, 0.6) is 0 Å². The largest absolute Gasteiger partial charge is 0.370 e. The fourth-order valence-corrected chi connectivity index (χ4v) is 3.08. The van der Waals surface area contributed by atoms with Crippen molar-refractivity contribution in [3.63, 3.8) is 0 Å². The Morgan fingerprint density at radius 2 is 2.14 bits per heavy atom. The smallest absolute Gasteiger partial charge is 0.162 e. The van der Waals surface area contributed by atoms with E-state index in [1.165, 1.54) is 6.07 Å². The molecule has 4 nitrogen and oxygen atoms in total. The van der Waals surface area contributed by atoms with E-state index in [0.717, 1.165) is 30.2 Å². The van der Waals surface area contributed by atoms with Gasteiger partial charge >= 0.3 is 0 Å². The van der Waals surface area contributed by atoms with E-state index < -0.39 is 0 Å². The lowest BCUT2D eigenvalue weighted by Crippen LogP contribution is -2.23. The van der Waals surface area contributed by atoms with Crippen LogP contribution >= 0.6 is 23.1 Å². The van der Waals surface area contributed by atoms with Gasteiger partial charge in [-0.1, -0.05) is 17.7 Å². The van der Waals surface area contributed by atoms with Gasteiger partial charge in [0.1, 0.15) is 22.5 Å². The normalized spacial score (nSPS) is 10.3. The summed E-state index contributed by atoms with van der Waals surface area (Å²) in [7, 11) is 0. The van der Waals surface area contributed by atoms with Crippen LogP contribution in [0.15, 0.2) is 18.2 Å². The second-order valence-corrected chi connectivity index (χ2v) is 5.73. The molecule has 22 heavy (non-hydrogen) atoms. The van der Waals surface area contributed by atoms with Gasteiger partial charge in [-0.15, -0.1) is 0 Å². The highest BCUT2D eigenvalue weighted by molar-refractivity contribution is 7.10. The van der Waals surface area contributed by atoms with Crippen molar-refractivity contribution < 1.29 is 4.39 Å². The topological polar surface area (TPSA) is 52.0 Å². The molecular weight excluding hydrogens is 323 g/mol. The van der Waals surface area contributed by atoms with Crippen molar-refractivity contribution in [1.82, 2.24) is 4.37 Å². The third-order valence-electron chi connectivity index (χ3n) is 3.33. The maximum absolute atomic E-state index is 14.2. The summed E-state index contributed by atoms with van der Waals surface area (Å²) in [5.41, 5.74) is 1.72. The number of rotatable bonds is 6. The molecule has 0 radical (unpaired) electrons. The Morgan fingerprint density at radius 3 is 2.73 bits per heavy atom. The summed E-state index contributed by atoms with van der Waals surface area (Å²) in [6.45, 7) is 5.92. The van der Waals surface area contributed by atoms with Crippen molar-refractivity contribution in [1.29, 1.82) is 5.26 Å². The summed E-state index contributed by atoms with van der Waals surface area (Å²) in [6, 6.07) is 7.17. The van der Waals surface area contributed by atoms with Crippen LogP contribution in [0.25, 0.3) is 0 Å². The summed E-state index contributed by atoms with van der Waals surface area (Å²) >= 11 is 6.93. The van der Waals surface area contributed by atoms with Crippen molar-refractivity contribution in [2.24, 2.45) is 0 Å². The van der Waals surface area contributed by atoms with Crippen molar-refractivity contribution in [2.45, 2.75) is 20.4 Å². The van der Waals surface area contributed by atoms with E-state index in [9.17, 15) is 4.39 Å². The Kier molecular flexibility index (Phi) is 5.58. The molecule has 7 heteroatoms. The van der Waals surface area contributed by atoms with Crippen LogP contribution in [-0.4, -0.2) is 17.5 Å². The number of nitrogens with one attached hydrogen (secondary N) is 1. The Bertz CT molecular complexity index is 691. The number of benzene rings is 1. The molecule has 0 saturated carbocycles. The Morgan fingerprint density at radius 1 is 1.41 bits per heavy atom. The molecule has 0 spiro atoms. The Hall–Kier alpha value is -1.84. The van der Waals surface area contributed by atoms with Crippen LogP contribution in [0, 0.1) is 17.1 Å². The number of hydrogen-bond acceptors (Lipinski definition) is 5. The minimum Gasteiger partial charge on any atom is -0.370 e. The zero-order valence-electron chi connectivity index (χ0n) is 12.4. The summed E-state index contributed by atoms with van der Waals surface area (Å²) in [4.78, 5) is 1.96. The van der Waals surface area contributed by atoms with Crippen molar-refractivity contribution in [2.75, 3.05) is 23.3 Å². The van der Waals surface area contributed by atoms with Crippen LogP contribution in [0.3, 0.4) is 0 Å². The van der Waals surface area contributed by atoms with Crippen LogP contribution in [0.2, 0.25) is 5.15 Å². The third-order valence-corrected chi connectivity index (χ3v) is 4.51. The molecule has 0 fully saturated rings. The van der Waals surface area contributed by atoms with Crippen molar-refractivity contribution in [3.05, 3.63) is 40.3 Å². The molecule has 0 amide bonds. The predicted molar refractivity (Wildman–Crippen MR) is 89.1 cm³/mol. The standard InChI is InChI=1S/C15H16ClFN4S/c1-3-21(4-2)13-6-5-10(7-12(13)17)9-19-15-11(8-18)14(16)20-22-15/h5-7,19H,3-4,9H2,1-2H3. The molecule has 0 atom stereocenters. The molecule has 1 aromatic carbocycles. The number of anilines is 2. The van der Waals surface area contributed by atoms with E-state index in [-0.39, 0.29) is 11.0 Å². The van der Waals surface area contributed by atoms with Gasteiger partial charge in [-0.3, -0.25) is 0 Å². The summed E-state index contributed by atoms with van der Waals surface area (Å²) < 4.78 is 18.1. The highest BCUT2D eigenvalue weighted by Crippen LogP contribution is 2.28. The highest BCUT2D eigenvalue weighted by Gasteiger charge is 2.12. The van der Waals surface area contributed by atoms with E-state index >= 15 is 0 Å². The lowest BCUT2D eigenvalue weighted by Gasteiger charge is -2.22. The van der Waals surface area contributed by atoms with E-state index in [0.29, 0.717) is 22.8 Å². The van der Waals surface area contributed by atoms with Crippen molar-refractivity contribution in [3.8, 4) is 6.07 Å². The molecule has 1 aromatic heterocycles. The van der Waals surface area contributed by atoms with Gasteiger partial charge in [0.15, 0.2) is 5.15 Å². The van der Waals surface area contributed by atoms with Gasteiger partial charge in [-0.25, -0.2) is 4.39 Å². The van der Waals surface area contributed by atoms with Gasteiger partial charge < -0.3 is 10.2 Å². The van der Waals surface area contributed by atoms with Crippen molar-refractivity contribution >= 4 is 33.8 Å². The van der Waals surface area contributed by atoms with Crippen LogP contribution in [0.4, 0.5) is 15.1 Å². The van der Waals surface area contributed by atoms with E-state index in [4.69, 9.17) is 16.9 Å². The minimum atomic E-state index is -0.245. The molecule has 0 bridgehead atoms. The van der Waals surface area contributed by atoms with Gasteiger partial charge in [-0.2, -0.15) is 9.64 Å². The van der Waals surface area contributed by atoms with Gasteiger partial charge in [0.2, 0.25) is 0 Å². The second-order valence-electron chi connectivity index (χ2n) is 4.60. The molecule has 0 aliphatic rings. The lowest BCUT2D eigenvalue weighted by molar-refractivity contribution is 0.618. The molecule has 0 unspecified atom stereocenters. The van der Waals surface area contributed by atoms with Gasteiger partial charge in [0.25, 0.3) is 0 Å². The molecule has 0 aliphatic heterocycles. The Balaban J connectivity index is 2.11. The molecular formula is C15H16ClFN4S. The van der Waals surface area contributed by atoms with E-state index in [1.807, 2.05) is 30.9 Å². The summed E-state index contributed by atoms with van der Waals surface area (Å²) in [6.07, 6.45) is 0. The highest BCUT2D eigenvalue weighted by atomic mass is 35.5. The maximum atomic E-state index is 14.2. The first-order valence-electron chi connectivity index (χ1n) is 6.93. The van der Waals surface area contributed by atoms with E-state index in [1.54, 1.807) is 6.07 Å². The first kappa shape index (κ1) is 16.5. The average Bonchev–Trinajstić information content (AvgIpc) is 2.88. The SMILES string of the molecule is CCN(CC)c1ccc(CNc2snc(Cl)c2C#N)cc1F. The average molecular weight is 339 g/mol. The monoisotopic (exact) mass is 338 g/mol. The number of nitriles is 1. The number of nitrogens with zero attached hydrogens (tertiary/aromatic N) is 3. The summed E-state index contributed by atoms with van der Waals surface area (Å²) in [5, 5.41) is 12.9. The number of hydrogen-bond donors (Lipinski definition) is 1. The first-order valence-corrected chi connectivity index (χ1v) is 8.08. The molecule has 2 aromatic rings. The maximum Gasteiger partial charge on any atom is 0.162 e. The first-order chi connectivity index (χ1) is 10.6. The number of halogens is 2. The summed E-state index contributed by atoms with van der Waals surface area (Å²) in [5.74, 6) is -0.245. The molecule has 0 saturated heterocycles. The Labute approximate surface area is 138 Å².